The summed E-state index contributed by atoms with van der Waals surface area (Å²) in [6, 6.07) is 7.77. The fourth-order valence-corrected chi connectivity index (χ4v) is 2.92. The third-order valence-electron chi connectivity index (χ3n) is 4.46. The molecule has 1 aliphatic rings. The lowest BCUT2D eigenvalue weighted by molar-refractivity contribution is -0.147. The number of hydrogen-bond acceptors (Lipinski definition) is 3. The molecule has 1 heterocycles. The van der Waals surface area contributed by atoms with Gasteiger partial charge in [-0.3, -0.25) is 9.59 Å². The highest BCUT2D eigenvalue weighted by Gasteiger charge is 2.31. The molecule has 1 aliphatic heterocycles. The van der Waals surface area contributed by atoms with E-state index in [1.807, 2.05) is 24.3 Å². The van der Waals surface area contributed by atoms with Crippen molar-refractivity contribution in [3.63, 3.8) is 0 Å². The molecule has 24 heavy (non-hydrogen) atoms. The van der Waals surface area contributed by atoms with Crippen LogP contribution in [0.5, 0.6) is 5.75 Å². The lowest BCUT2D eigenvalue weighted by atomic mass is 9.87. The van der Waals surface area contributed by atoms with Crippen LogP contribution in [-0.2, 0) is 15.0 Å². The fraction of sp³-hybridized carbons (Fsp3) is 0.579. The molecule has 132 valence electrons. The maximum Gasteiger partial charge on any atom is 0.308 e. The van der Waals surface area contributed by atoms with Crippen LogP contribution in [0.1, 0.15) is 46.1 Å². The van der Waals surface area contributed by atoms with Gasteiger partial charge in [-0.05, 0) is 42.9 Å². The number of carbonyl (C=O) groups is 2. The summed E-state index contributed by atoms with van der Waals surface area (Å²) in [6.45, 7) is 9.01. The van der Waals surface area contributed by atoms with Gasteiger partial charge in [-0.2, -0.15) is 0 Å². The van der Waals surface area contributed by atoms with Crippen molar-refractivity contribution in [2.24, 2.45) is 5.92 Å². The van der Waals surface area contributed by atoms with Crippen LogP contribution in [0.2, 0.25) is 0 Å². The summed E-state index contributed by atoms with van der Waals surface area (Å²) in [6.07, 6.45) is 0.719. The molecule has 0 aliphatic carbocycles. The molecule has 1 fully saturated rings. The van der Waals surface area contributed by atoms with Crippen molar-refractivity contribution in [3.8, 4) is 5.75 Å². The van der Waals surface area contributed by atoms with Crippen LogP contribution < -0.4 is 4.74 Å². The number of likely N-dealkylation sites (tertiary alicyclic amines) is 1. The number of carbonyl (C=O) groups excluding carboxylic acids is 1. The summed E-state index contributed by atoms with van der Waals surface area (Å²) in [4.78, 5) is 25.2. The second-order valence-electron chi connectivity index (χ2n) is 7.50. The molecule has 2 rings (SSSR count). The van der Waals surface area contributed by atoms with Crippen LogP contribution in [0, 0.1) is 5.92 Å². The Bertz CT molecular complexity index is 588. The number of ether oxygens (including phenoxy) is 1. The largest absolute Gasteiger partial charge is 0.481 e. The third kappa shape index (κ3) is 4.49. The van der Waals surface area contributed by atoms with Crippen LogP contribution >= 0.6 is 0 Å². The molecule has 5 nitrogen and oxygen atoms in total. The summed E-state index contributed by atoms with van der Waals surface area (Å²) >= 11 is 0. The van der Waals surface area contributed by atoms with E-state index in [1.54, 1.807) is 11.8 Å². The first-order valence-electron chi connectivity index (χ1n) is 8.47. The molecule has 1 unspecified atom stereocenters. The third-order valence-corrected chi connectivity index (χ3v) is 4.46. The van der Waals surface area contributed by atoms with Gasteiger partial charge in [0.2, 0.25) is 0 Å². The number of nitrogens with zero attached hydrogens (tertiary/aromatic N) is 1. The summed E-state index contributed by atoms with van der Waals surface area (Å²) in [5.41, 5.74) is 1.27. The van der Waals surface area contributed by atoms with Crippen molar-refractivity contribution in [2.75, 3.05) is 13.1 Å². The van der Waals surface area contributed by atoms with Crippen molar-refractivity contribution < 1.29 is 19.4 Å². The summed E-state index contributed by atoms with van der Waals surface area (Å²) < 4.78 is 5.75. The van der Waals surface area contributed by atoms with E-state index in [4.69, 9.17) is 9.84 Å². The monoisotopic (exact) mass is 333 g/mol. The van der Waals surface area contributed by atoms with Crippen LogP contribution in [0.4, 0.5) is 0 Å². The molecule has 1 N–H and O–H groups in total. The summed E-state index contributed by atoms with van der Waals surface area (Å²) in [7, 11) is 0. The minimum absolute atomic E-state index is 0.0691. The molecule has 1 aromatic rings. The zero-order chi connectivity index (χ0) is 17.9. The molecule has 0 saturated carbocycles. The van der Waals surface area contributed by atoms with Crippen molar-refractivity contribution in [1.82, 2.24) is 4.90 Å². The number of carboxylic acid groups (broad SMARTS) is 1. The average Bonchev–Trinajstić information content (AvgIpc) is 2.53. The molecule has 0 spiro atoms. The van der Waals surface area contributed by atoms with E-state index >= 15 is 0 Å². The number of hydrogen-bond donors (Lipinski definition) is 1. The van der Waals surface area contributed by atoms with E-state index in [9.17, 15) is 9.59 Å². The highest BCUT2D eigenvalue weighted by molar-refractivity contribution is 5.82. The Kier molecular flexibility index (Phi) is 5.52. The van der Waals surface area contributed by atoms with Crippen molar-refractivity contribution >= 4 is 11.9 Å². The smallest absolute Gasteiger partial charge is 0.308 e. The van der Waals surface area contributed by atoms with E-state index in [0.29, 0.717) is 18.7 Å². The van der Waals surface area contributed by atoms with E-state index in [0.717, 1.165) is 6.42 Å². The highest BCUT2D eigenvalue weighted by atomic mass is 16.5. The van der Waals surface area contributed by atoms with E-state index in [-0.39, 0.29) is 17.9 Å². The Balaban J connectivity index is 1.97. The SMILES string of the molecule is CC(Oc1ccc(C(C)(C)C)cc1)C(=O)N1CCC[C@H](C(=O)O)C1. The Morgan fingerprint density at radius 1 is 1.25 bits per heavy atom. The van der Waals surface area contributed by atoms with Gasteiger partial charge in [-0.1, -0.05) is 32.9 Å². The lowest BCUT2D eigenvalue weighted by Gasteiger charge is -2.32. The summed E-state index contributed by atoms with van der Waals surface area (Å²) in [5.74, 6) is -0.809. The zero-order valence-corrected chi connectivity index (χ0v) is 14.9. The molecular weight excluding hydrogens is 306 g/mol. The van der Waals surface area contributed by atoms with Gasteiger partial charge in [0, 0.05) is 13.1 Å². The van der Waals surface area contributed by atoms with Gasteiger partial charge >= 0.3 is 5.97 Å². The minimum Gasteiger partial charge on any atom is -0.481 e. The minimum atomic E-state index is -0.834. The lowest BCUT2D eigenvalue weighted by Crippen LogP contribution is -2.47. The predicted molar refractivity (Wildman–Crippen MR) is 92.2 cm³/mol. The quantitative estimate of drug-likeness (QED) is 0.919. The van der Waals surface area contributed by atoms with Gasteiger partial charge in [0.15, 0.2) is 6.10 Å². The van der Waals surface area contributed by atoms with E-state index in [1.165, 1.54) is 5.56 Å². The Morgan fingerprint density at radius 2 is 1.88 bits per heavy atom. The highest BCUT2D eigenvalue weighted by Crippen LogP contribution is 2.25. The Morgan fingerprint density at radius 3 is 2.42 bits per heavy atom. The number of carboxylic acids is 1. The normalized spacial score (nSPS) is 19.7. The van der Waals surface area contributed by atoms with Crippen LogP contribution in [0.3, 0.4) is 0 Å². The second kappa shape index (κ2) is 7.24. The molecule has 1 saturated heterocycles. The van der Waals surface area contributed by atoms with E-state index in [2.05, 4.69) is 20.8 Å². The predicted octanol–water partition coefficient (Wildman–Crippen LogP) is 3.07. The number of aliphatic carboxylic acids is 1. The number of benzene rings is 1. The standard InChI is InChI=1S/C19H27NO4/c1-13(17(21)20-11-5-6-14(12-20)18(22)23)24-16-9-7-15(8-10-16)19(2,3)4/h7-10,13-14H,5-6,11-12H2,1-4H3,(H,22,23)/t13?,14-/m0/s1. The van der Waals surface area contributed by atoms with Crippen LogP contribution in [0.15, 0.2) is 24.3 Å². The molecule has 5 heteroatoms. The second-order valence-corrected chi connectivity index (χ2v) is 7.50. The molecule has 1 aromatic carbocycles. The van der Waals surface area contributed by atoms with Crippen LogP contribution in [0.25, 0.3) is 0 Å². The van der Waals surface area contributed by atoms with Gasteiger partial charge < -0.3 is 14.7 Å². The van der Waals surface area contributed by atoms with Crippen molar-refractivity contribution in [2.45, 2.75) is 52.1 Å². The first kappa shape index (κ1) is 18.3. The first-order chi connectivity index (χ1) is 11.2. The van der Waals surface area contributed by atoms with Gasteiger partial charge in [0.1, 0.15) is 5.75 Å². The average molecular weight is 333 g/mol. The van der Waals surface area contributed by atoms with Crippen molar-refractivity contribution in [1.29, 1.82) is 0 Å². The van der Waals surface area contributed by atoms with Crippen molar-refractivity contribution in [3.05, 3.63) is 29.8 Å². The first-order valence-corrected chi connectivity index (χ1v) is 8.47. The fourth-order valence-electron chi connectivity index (χ4n) is 2.92. The molecule has 0 radical (unpaired) electrons. The molecule has 0 bridgehead atoms. The summed E-state index contributed by atoms with van der Waals surface area (Å²) in [5, 5.41) is 9.13. The number of rotatable bonds is 4. The van der Waals surface area contributed by atoms with Gasteiger partial charge in [-0.25, -0.2) is 0 Å². The number of piperidine rings is 1. The maximum atomic E-state index is 12.5. The molecule has 2 atom stereocenters. The van der Waals surface area contributed by atoms with E-state index < -0.39 is 18.0 Å². The molecular formula is C19H27NO4. The maximum absolute atomic E-state index is 12.5. The van der Waals surface area contributed by atoms with Crippen LogP contribution in [-0.4, -0.2) is 41.1 Å². The molecule has 0 aromatic heterocycles. The Labute approximate surface area is 143 Å². The Hall–Kier alpha value is -2.04. The molecule has 1 amide bonds. The zero-order valence-electron chi connectivity index (χ0n) is 14.9. The number of amides is 1. The van der Waals surface area contributed by atoms with Gasteiger partial charge in [0.05, 0.1) is 5.92 Å². The van der Waals surface area contributed by atoms with Gasteiger partial charge in [-0.15, -0.1) is 0 Å². The topological polar surface area (TPSA) is 66.8 Å². The van der Waals surface area contributed by atoms with Gasteiger partial charge in [0.25, 0.3) is 5.91 Å².